The number of ketones is 1. The molecule has 2 N–H and O–H groups in total. The third-order valence-corrected chi connectivity index (χ3v) is 3.66. The van der Waals surface area contributed by atoms with Gasteiger partial charge in [0.05, 0.1) is 5.56 Å². The molecular formula is C19H19NO4. The molecule has 0 heterocycles. The second kappa shape index (κ2) is 8.06. The van der Waals surface area contributed by atoms with E-state index in [4.69, 9.17) is 5.11 Å². The average Bonchev–Trinajstić information content (AvgIpc) is 2.57. The summed E-state index contributed by atoms with van der Waals surface area (Å²) in [5.74, 6) is -1.27. The molecule has 0 unspecified atom stereocenters. The first kappa shape index (κ1) is 17.4. The fourth-order valence-electron chi connectivity index (χ4n) is 2.28. The Morgan fingerprint density at radius 2 is 1.67 bits per heavy atom. The summed E-state index contributed by atoms with van der Waals surface area (Å²) in [6.07, 6.45) is 0.943. The molecule has 0 aromatic heterocycles. The van der Waals surface area contributed by atoms with Gasteiger partial charge in [0.1, 0.15) is 0 Å². The van der Waals surface area contributed by atoms with Crippen molar-refractivity contribution in [3.63, 3.8) is 0 Å². The Hall–Kier alpha value is -2.95. The minimum absolute atomic E-state index is 0.00690. The first-order valence-corrected chi connectivity index (χ1v) is 7.69. The van der Waals surface area contributed by atoms with Crippen molar-refractivity contribution in [2.24, 2.45) is 0 Å². The Labute approximate surface area is 140 Å². The number of carboxylic acid groups (broad SMARTS) is 1. The number of rotatable bonds is 7. The summed E-state index contributed by atoms with van der Waals surface area (Å²) in [5, 5.41) is 11.7. The van der Waals surface area contributed by atoms with E-state index in [1.807, 2.05) is 6.07 Å². The van der Waals surface area contributed by atoms with E-state index in [0.29, 0.717) is 24.1 Å². The van der Waals surface area contributed by atoms with Crippen molar-refractivity contribution in [2.45, 2.75) is 26.2 Å². The van der Waals surface area contributed by atoms with Gasteiger partial charge >= 0.3 is 5.97 Å². The number of benzene rings is 2. The molecule has 0 aliphatic heterocycles. The van der Waals surface area contributed by atoms with Crippen LogP contribution in [0.1, 0.15) is 45.5 Å². The number of carbonyl (C=O) groups is 3. The van der Waals surface area contributed by atoms with Crippen LogP contribution in [0.5, 0.6) is 0 Å². The summed E-state index contributed by atoms with van der Waals surface area (Å²) in [7, 11) is 0. The SMILES string of the molecule is Cc1ccc(C(=O)O)cc1NC(=O)CCCC(=O)c1ccccc1. The van der Waals surface area contributed by atoms with Gasteiger partial charge in [0, 0.05) is 24.1 Å². The van der Waals surface area contributed by atoms with Gasteiger partial charge in [0.15, 0.2) is 5.78 Å². The van der Waals surface area contributed by atoms with Crippen molar-refractivity contribution >= 4 is 23.3 Å². The van der Waals surface area contributed by atoms with Gasteiger partial charge in [-0.2, -0.15) is 0 Å². The quantitative estimate of drug-likeness (QED) is 0.761. The molecule has 5 heteroatoms. The third-order valence-electron chi connectivity index (χ3n) is 3.66. The smallest absolute Gasteiger partial charge is 0.335 e. The van der Waals surface area contributed by atoms with Crippen LogP contribution >= 0.6 is 0 Å². The molecular weight excluding hydrogens is 306 g/mol. The highest BCUT2D eigenvalue weighted by Gasteiger charge is 2.10. The maximum atomic E-state index is 12.0. The maximum absolute atomic E-state index is 12.0. The van der Waals surface area contributed by atoms with Crippen LogP contribution in [-0.2, 0) is 4.79 Å². The van der Waals surface area contributed by atoms with Crippen LogP contribution in [0.4, 0.5) is 5.69 Å². The molecule has 0 radical (unpaired) electrons. The topological polar surface area (TPSA) is 83.5 Å². The summed E-state index contributed by atoms with van der Waals surface area (Å²) < 4.78 is 0. The van der Waals surface area contributed by atoms with Crippen LogP contribution in [-0.4, -0.2) is 22.8 Å². The molecule has 0 saturated heterocycles. The van der Waals surface area contributed by atoms with Crippen molar-refractivity contribution in [3.05, 3.63) is 65.2 Å². The zero-order valence-electron chi connectivity index (χ0n) is 13.4. The van der Waals surface area contributed by atoms with Crippen LogP contribution in [0.15, 0.2) is 48.5 Å². The first-order valence-electron chi connectivity index (χ1n) is 7.69. The van der Waals surface area contributed by atoms with Crippen molar-refractivity contribution in [1.82, 2.24) is 0 Å². The van der Waals surface area contributed by atoms with Crippen LogP contribution in [0.2, 0.25) is 0 Å². The Bertz CT molecular complexity index is 753. The number of carbonyl (C=O) groups excluding carboxylic acids is 2. The number of carboxylic acids is 1. The number of aromatic carboxylic acids is 1. The maximum Gasteiger partial charge on any atom is 0.335 e. The van der Waals surface area contributed by atoms with E-state index < -0.39 is 5.97 Å². The molecule has 5 nitrogen and oxygen atoms in total. The Kier molecular flexibility index (Phi) is 5.84. The molecule has 0 fully saturated rings. The van der Waals surface area contributed by atoms with Gasteiger partial charge in [-0.25, -0.2) is 4.79 Å². The second-order valence-corrected chi connectivity index (χ2v) is 5.53. The standard InChI is InChI=1S/C19H19NO4/c1-13-10-11-15(19(23)24)12-16(13)20-18(22)9-5-8-17(21)14-6-3-2-4-7-14/h2-4,6-7,10-12H,5,8-9H2,1H3,(H,20,22)(H,23,24). The molecule has 2 rings (SSSR count). The monoisotopic (exact) mass is 325 g/mol. The highest BCUT2D eigenvalue weighted by molar-refractivity contribution is 5.97. The van der Waals surface area contributed by atoms with E-state index in [2.05, 4.69) is 5.32 Å². The minimum atomic E-state index is -1.04. The van der Waals surface area contributed by atoms with Crippen LogP contribution in [0, 0.1) is 6.92 Å². The molecule has 0 spiro atoms. The fraction of sp³-hybridized carbons (Fsp3) is 0.211. The minimum Gasteiger partial charge on any atom is -0.478 e. The molecule has 0 saturated carbocycles. The highest BCUT2D eigenvalue weighted by Crippen LogP contribution is 2.17. The number of hydrogen-bond donors (Lipinski definition) is 2. The Balaban J connectivity index is 1.87. The zero-order valence-corrected chi connectivity index (χ0v) is 13.4. The predicted molar refractivity (Wildman–Crippen MR) is 91.4 cm³/mol. The lowest BCUT2D eigenvalue weighted by molar-refractivity contribution is -0.116. The lowest BCUT2D eigenvalue weighted by atomic mass is 10.1. The van der Waals surface area contributed by atoms with Crippen LogP contribution in [0.3, 0.4) is 0 Å². The van der Waals surface area contributed by atoms with Crippen molar-refractivity contribution < 1.29 is 19.5 Å². The van der Waals surface area contributed by atoms with Gasteiger partial charge in [0.25, 0.3) is 0 Å². The summed E-state index contributed by atoms with van der Waals surface area (Å²) in [6.45, 7) is 1.79. The molecule has 124 valence electrons. The molecule has 0 aliphatic rings. The zero-order chi connectivity index (χ0) is 17.5. The third kappa shape index (κ3) is 4.78. The van der Waals surface area contributed by atoms with Gasteiger partial charge in [0.2, 0.25) is 5.91 Å². The molecule has 0 bridgehead atoms. The lowest BCUT2D eigenvalue weighted by Gasteiger charge is -2.09. The largest absolute Gasteiger partial charge is 0.478 e. The van der Waals surface area contributed by atoms with Crippen LogP contribution in [0.25, 0.3) is 0 Å². The molecule has 2 aromatic carbocycles. The number of hydrogen-bond acceptors (Lipinski definition) is 3. The van der Waals surface area contributed by atoms with E-state index in [1.54, 1.807) is 37.3 Å². The van der Waals surface area contributed by atoms with Gasteiger partial charge < -0.3 is 10.4 Å². The number of Topliss-reactive ketones (excluding diaryl/α,β-unsaturated/α-hetero) is 1. The highest BCUT2D eigenvalue weighted by atomic mass is 16.4. The number of anilines is 1. The summed E-state index contributed by atoms with van der Waals surface area (Å²) in [5.41, 5.74) is 2.03. The Morgan fingerprint density at radius 1 is 0.958 bits per heavy atom. The second-order valence-electron chi connectivity index (χ2n) is 5.53. The van der Waals surface area contributed by atoms with E-state index >= 15 is 0 Å². The average molecular weight is 325 g/mol. The number of nitrogens with one attached hydrogen (secondary N) is 1. The number of aryl methyl sites for hydroxylation is 1. The molecule has 24 heavy (non-hydrogen) atoms. The van der Waals surface area contributed by atoms with Crippen molar-refractivity contribution in [3.8, 4) is 0 Å². The van der Waals surface area contributed by atoms with Crippen molar-refractivity contribution in [2.75, 3.05) is 5.32 Å². The van der Waals surface area contributed by atoms with Gasteiger partial charge in [-0.15, -0.1) is 0 Å². The van der Waals surface area contributed by atoms with Gasteiger partial charge in [-0.05, 0) is 31.0 Å². The van der Waals surface area contributed by atoms with Crippen LogP contribution < -0.4 is 5.32 Å². The molecule has 0 atom stereocenters. The molecule has 0 aliphatic carbocycles. The van der Waals surface area contributed by atoms with Crippen molar-refractivity contribution in [1.29, 1.82) is 0 Å². The van der Waals surface area contributed by atoms with Gasteiger partial charge in [-0.3, -0.25) is 9.59 Å². The first-order chi connectivity index (χ1) is 11.5. The van der Waals surface area contributed by atoms with Gasteiger partial charge in [-0.1, -0.05) is 36.4 Å². The molecule has 2 aromatic rings. The lowest BCUT2D eigenvalue weighted by Crippen LogP contribution is -2.13. The van der Waals surface area contributed by atoms with E-state index in [-0.39, 0.29) is 23.7 Å². The fourth-order valence-corrected chi connectivity index (χ4v) is 2.28. The van der Waals surface area contributed by atoms with E-state index in [1.165, 1.54) is 12.1 Å². The summed E-state index contributed by atoms with van der Waals surface area (Å²) >= 11 is 0. The normalized spacial score (nSPS) is 10.2. The summed E-state index contributed by atoms with van der Waals surface area (Å²) in [6, 6.07) is 13.5. The number of amides is 1. The summed E-state index contributed by atoms with van der Waals surface area (Å²) in [4.78, 5) is 34.9. The Morgan fingerprint density at radius 3 is 2.33 bits per heavy atom. The van der Waals surface area contributed by atoms with E-state index in [0.717, 1.165) is 5.56 Å². The predicted octanol–water partition coefficient (Wildman–Crippen LogP) is 3.68. The molecule has 1 amide bonds. The van der Waals surface area contributed by atoms with E-state index in [9.17, 15) is 14.4 Å².